The fourth-order valence-corrected chi connectivity index (χ4v) is 4.06. The van der Waals surface area contributed by atoms with E-state index in [2.05, 4.69) is 16.7 Å². The molecule has 20 heavy (non-hydrogen) atoms. The summed E-state index contributed by atoms with van der Waals surface area (Å²) in [5.41, 5.74) is 0.713. The number of benzene rings is 1. The molecule has 2 rings (SSSR count). The van der Waals surface area contributed by atoms with Gasteiger partial charge in [0.1, 0.15) is 0 Å². The zero-order chi connectivity index (χ0) is 14.8. The fraction of sp³-hybridized carbons (Fsp3) is 0.571. The van der Waals surface area contributed by atoms with Crippen molar-refractivity contribution in [3.05, 3.63) is 28.8 Å². The largest absolute Gasteiger partial charge is 0.306 e. The van der Waals surface area contributed by atoms with Gasteiger partial charge >= 0.3 is 0 Å². The minimum Gasteiger partial charge on any atom is -0.306 e. The molecule has 0 spiro atoms. The Hall–Kier alpha value is -0.620. The van der Waals surface area contributed by atoms with Crippen LogP contribution in [0.1, 0.15) is 18.4 Å². The van der Waals surface area contributed by atoms with Crippen LogP contribution < -0.4 is 4.72 Å². The van der Waals surface area contributed by atoms with Crippen LogP contribution in [0.15, 0.2) is 23.1 Å². The van der Waals surface area contributed by atoms with Gasteiger partial charge in [0, 0.05) is 11.6 Å². The highest BCUT2D eigenvalue weighted by molar-refractivity contribution is 7.89. The van der Waals surface area contributed by atoms with Gasteiger partial charge in [-0.3, -0.25) is 0 Å². The number of nitrogens with zero attached hydrogens (tertiary/aromatic N) is 1. The maximum absolute atomic E-state index is 12.3. The zero-order valence-electron chi connectivity index (χ0n) is 11.9. The third kappa shape index (κ3) is 3.95. The summed E-state index contributed by atoms with van der Waals surface area (Å²) in [5, 5.41) is 0.440. The molecule has 6 heteroatoms. The minimum absolute atomic E-state index is 0.276. The van der Waals surface area contributed by atoms with Gasteiger partial charge in [0.2, 0.25) is 10.0 Å². The molecule has 1 aliphatic heterocycles. The first-order valence-corrected chi connectivity index (χ1v) is 8.69. The van der Waals surface area contributed by atoms with Gasteiger partial charge in [-0.1, -0.05) is 17.7 Å². The lowest BCUT2D eigenvalue weighted by atomic mass is 9.98. The SMILES string of the molecule is Cc1ccc(Cl)cc1S(=O)(=O)NCC1CCN(C)CC1. The third-order valence-electron chi connectivity index (χ3n) is 3.84. The van der Waals surface area contributed by atoms with Crippen molar-refractivity contribution < 1.29 is 8.42 Å². The first kappa shape index (κ1) is 15.8. The molecule has 112 valence electrons. The highest BCUT2D eigenvalue weighted by Crippen LogP contribution is 2.21. The lowest BCUT2D eigenvalue weighted by Crippen LogP contribution is -2.37. The van der Waals surface area contributed by atoms with E-state index in [0.717, 1.165) is 25.9 Å². The molecule has 1 saturated heterocycles. The second kappa shape index (κ2) is 6.43. The summed E-state index contributed by atoms with van der Waals surface area (Å²) in [7, 11) is -1.38. The van der Waals surface area contributed by atoms with Crippen molar-refractivity contribution in [2.24, 2.45) is 5.92 Å². The van der Waals surface area contributed by atoms with Crippen LogP contribution in [0.25, 0.3) is 0 Å². The van der Waals surface area contributed by atoms with E-state index in [-0.39, 0.29) is 4.90 Å². The van der Waals surface area contributed by atoms with Gasteiger partial charge in [0.05, 0.1) is 4.90 Å². The van der Waals surface area contributed by atoms with E-state index in [4.69, 9.17) is 11.6 Å². The molecule has 1 aromatic rings. The van der Waals surface area contributed by atoms with Crippen LogP contribution in [0.3, 0.4) is 0 Å². The first-order valence-electron chi connectivity index (χ1n) is 6.83. The molecular weight excluding hydrogens is 296 g/mol. The molecule has 0 aliphatic carbocycles. The van der Waals surface area contributed by atoms with E-state index < -0.39 is 10.0 Å². The molecule has 4 nitrogen and oxygen atoms in total. The number of aryl methyl sites for hydroxylation is 1. The molecule has 1 fully saturated rings. The molecule has 1 heterocycles. The number of rotatable bonds is 4. The number of nitrogens with one attached hydrogen (secondary N) is 1. The maximum atomic E-state index is 12.3. The molecule has 0 radical (unpaired) electrons. The van der Waals surface area contributed by atoms with Gasteiger partial charge in [-0.05, 0) is 63.5 Å². The van der Waals surface area contributed by atoms with Gasteiger partial charge < -0.3 is 4.90 Å². The summed E-state index contributed by atoms with van der Waals surface area (Å²) in [6.07, 6.45) is 2.07. The molecule has 0 bridgehead atoms. The Balaban J connectivity index is 2.02. The Morgan fingerprint density at radius 2 is 2.00 bits per heavy atom. The normalized spacial score (nSPS) is 18.4. The van der Waals surface area contributed by atoms with E-state index in [1.165, 1.54) is 6.07 Å². The maximum Gasteiger partial charge on any atom is 0.240 e. The van der Waals surface area contributed by atoms with Gasteiger partial charge in [-0.25, -0.2) is 13.1 Å². The summed E-state index contributed by atoms with van der Waals surface area (Å²) in [5.74, 6) is 0.417. The van der Waals surface area contributed by atoms with E-state index in [9.17, 15) is 8.42 Å². The highest BCUT2D eigenvalue weighted by atomic mass is 35.5. The average molecular weight is 317 g/mol. The number of hydrogen-bond donors (Lipinski definition) is 1. The number of piperidine rings is 1. The molecule has 0 saturated carbocycles. The molecular formula is C14H21ClN2O2S. The second-order valence-corrected chi connectivity index (χ2v) is 7.68. The van der Waals surface area contributed by atoms with Gasteiger partial charge in [-0.15, -0.1) is 0 Å². The summed E-state index contributed by atoms with van der Waals surface area (Å²) in [6, 6.07) is 4.94. The molecule has 0 unspecified atom stereocenters. The molecule has 1 aromatic carbocycles. The standard InChI is InChI=1S/C14H21ClN2O2S/c1-11-3-4-13(15)9-14(11)20(18,19)16-10-12-5-7-17(2)8-6-12/h3-4,9,12,16H,5-8,10H2,1-2H3. The van der Waals surface area contributed by atoms with Gasteiger partial charge in [0.15, 0.2) is 0 Å². The van der Waals surface area contributed by atoms with Crippen LogP contribution in [0, 0.1) is 12.8 Å². The lowest BCUT2D eigenvalue weighted by Gasteiger charge is -2.28. The van der Waals surface area contributed by atoms with E-state index in [1.807, 2.05) is 0 Å². The second-order valence-electron chi connectivity index (χ2n) is 5.51. The predicted molar refractivity (Wildman–Crippen MR) is 81.6 cm³/mol. The fourth-order valence-electron chi connectivity index (χ4n) is 2.43. The molecule has 0 amide bonds. The molecule has 0 atom stereocenters. The summed E-state index contributed by atoms with van der Waals surface area (Å²) in [6.45, 7) is 4.34. The van der Waals surface area contributed by atoms with Crippen LogP contribution >= 0.6 is 11.6 Å². The molecule has 1 N–H and O–H groups in total. The lowest BCUT2D eigenvalue weighted by molar-refractivity contribution is 0.220. The van der Waals surface area contributed by atoms with Crippen molar-refractivity contribution >= 4 is 21.6 Å². The summed E-state index contributed by atoms with van der Waals surface area (Å²) in [4.78, 5) is 2.55. The minimum atomic E-state index is -3.47. The van der Waals surface area contributed by atoms with Crippen molar-refractivity contribution in [3.63, 3.8) is 0 Å². The molecule has 1 aliphatic rings. The van der Waals surface area contributed by atoms with Crippen molar-refractivity contribution in [1.29, 1.82) is 0 Å². The number of halogens is 1. The smallest absolute Gasteiger partial charge is 0.240 e. The van der Waals surface area contributed by atoms with Crippen LogP contribution in [-0.4, -0.2) is 40.0 Å². The third-order valence-corrected chi connectivity index (χ3v) is 5.64. The zero-order valence-corrected chi connectivity index (χ0v) is 13.5. The molecule has 0 aromatic heterocycles. The van der Waals surface area contributed by atoms with E-state index >= 15 is 0 Å². The van der Waals surface area contributed by atoms with Gasteiger partial charge in [-0.2, -0.15) is 0 Å². The summed E-state index contributed by atoms with van der Waals surface area (Å²) < 4.78 is 27.4. The van der Waals surface area contributed by atoms with Gasteiger partial charge in [0.25, 0.3) is 0 Å². The van der Waals surface area contributed by atoms with E-state index in [1.54, 1.807) is 19.1 Å². The Morgan fingerprint density at radius 1 is 1.35 bits per heavy atom. The van der Waals surface area contributed by atoms with E-state index in [0.29, 0.717) is 23.0 Å². The van der Waals surface area contributed by atoms with Crippen molar-refractivity contribution in [2.45, 2.75) is 24.7 Å². The average Bonchev–Trinajstić information content (AvgIpc) is 2.41. The monoisotopic (exact) mass is 316 g/mol. The van der Waals surface area contributed by atoms with Crippen LogP contribution in [0.5, 0.6) is 0 Å². The van der Waals surface area contributed by atoms with Crippen LogP contribution in [0.4, 0.5) is 0 Å². The predicted octanol–water partition coefficient (Wildman–Crippen LogP) is 2.27. The summed E-state index contributed by atoms with van der Waals surface area (Å²) >= 11 is 5.89. The highest BCUT2D eigenvalue weighted by Gasteiger charge is 2.21. The quantitative estimate of drug-likeness (QED) is 0.927. The van der Waals surface area contributed by atoms with Crippen LogP contribution in [0.2, 0.25) is 5.02 Å². The van der Waals surface area contributed by atoms with Crippen LogP contribution in [-0.2, 0) is 10.0 Å². The Labute approximate surface area is 126 Å². The topological polar surface area (TPSA) is 49.4 Å². The number of hydrogen-bond acceptors (Lipinski definition) is 3. The number of likely N-dealkylation sites (tertiary alicyclic amines) is 1. The van der Waals surface area contributed by atoms with Crippen molar-refractivity contribution in [1.82, 2.24) is 9.62 Å². The Morgan fingerprint density at radius 3 is 2.65 bits per heavy atom. The van der Waals surface area contributed by atoms with Crippen molar-refractivity contribution in [3.8, 4) is 0 Å². The Kier molecular flexibility index (Phi) is 5.07. The first-order chi connectivity index (χ1) is 9.38. The number of sulfonamides is 1. The Bertz CT molecular complexity index is 567. The van der Waals surface area contributed by atoms with Crippen molar-refractivity contribution in [2.75, 3.05) is 26.7 Å².